The van der Waals surface area contributed by atoms with Crippen molar-refractivity contribution in [2.75, 3.05) is 18.0 Å². The molecule has 1 atom stereocenters. The number of nitrogens with zero attached hydrogens (tertiary/aromatic N) is 3. The second kappa shape index (κ2) is 7.50. The molecule has 1 aromatic carbocycles. The Kier molecular flexibility index (Phi) is 5.21. The molecule has 2 aliphatic rings. The first-order valence-corrected chi connectivity index (χ1v) is 10.3. The summed E-state index contributed by atoms with van der Waals surface area (Å²) in [5, 5.41) is 20.7. The van der Waals surface area contributed by atoms with Gasteiger partial charge in [0.05, 0.1) is 18.0 Å². The molecule has 1 aliphatic carbocycles. The molecule has 7 heteroatoms. The summed E-state index contributed by atoms with van der Waals surface area (Å²) in [5.74, 6) is 0.787. The zero-order valence-corrected chi connectivity index (χ0v) is 16.9. The number of nitrogens with two attached hydrogens (primary N) is 1. The summed E-state index contributed by atoms with van der Waals surface area (Å²) < 4.78 is 0. The molecule has 1 spiro atoms. The molecule has 0 radical (unpaired) electrons. The first-order valence-electron chi connectivity index (χ1n) is 9.91. The van der Waals surface area contributed by atoms with Gasteiger partial charge in [-0.3, -0.25) is 0 Å². The topological polar surface area (TPSA) is 95.5 Å². The average molecular weight is 403 g/mol. The van der Waals surface area contributed by atoms with Gasteiger partial charge in [0.15, 0.2) is 5.82 Å². The molecule has 6 nitrogen and oxygen atoms in total. The minimum Gasteiger partial charge on any atom is -0.507 e. The fourth-order valence-corrected chi connectivity index (χ4v) is 4.98. The number of aromatic nitrogens is 2. The van der Waals surface area contributed by atoms with Crippen molar-refractivity contribution in [1.29, 1.82) is 0 Å². The predicted octanol–water partition coefficient (Wildman–Crippen LogP) is 3.40. The van der Waals surface area contributed by atoms with Crippen molar-refractivity contribution in [2.45, 2.75) is 51.7 Å². The quantitative estimate of drug-likeness (QED) is 0.728. The van der Waals surface area contributed by atoms with Crippen LogP contribution in [-0.4, -0.2) is 39.3 Å². The lowest BCUT2D eigenvalue weighted by atomic mass is 9.74. The van der Waals surface area contributed by atoms with Crippen molar-refractivity contribution in [3.05, 3.63) is 34.6 Å². The first-order chi connectivity index (χ1) is 13.4. The number of phenolic OH excluding ortho intramolecular Hbond substituents is 1. The lowest BCUT2D eigenvalue weighted by molar-refractivity contribution is 0.196. The molecule has 4 N–H and O–H groups in total. The molecule has 0 amide bonds. The normalized spacial score (nSPS) is 21.4. The zero-order chi connectivity index (χ0) is 19.9. The third-order valence-electron chi connectivity index (χ3n) is 6.52. The number of benzene rings is 1. The van der Waals surface area contributed by atoms with Gasteiger partial charge in [-0.25, -0.2) is 9.97 Å². The zero-order valence-electron chi connectivity index (χ0n) is 16.2. The lowest BCUT2D eigenvalue weighted by Crippen LogP contribution is -2.47. The van der Waals surface area contributed by atoms with Crippen LogP contribution in [0.3, 0.4) is 0 Å². The summed E-state index contributed by atoms with van der Waals surface area (Å²) in [4.78, 5) is 11.6. The summed E-state index contributed by atoms with van der Waals surface area (Å²) in [5.41, 5.74) is 9.03. The van der Waals surface area contributed by atoms with E-state index < -0.39 is 0 Å². The van der Waals surface area contributed by atoms with Crippen LogP contribution in [0.4, 0.5) is 5.82 Å². The van der Waals surface area contributed by atoms with Crippen LogP contribution in [0.25, 0.3) is 11.3 Å². The molecular formula is C21H27ClN4O2. The van der Waals surface area contributed by atoms with E-state index in [-0.39, 0.29) is 17.8 Å². The van der Waals surface area contributed by atoms with Crippen molar-refractivity contribution in [1.82, 2.24) is 9.97 Å². The van der Waals surface area contributed by atoms with E-state index in [1.165, 1.54) is 18.9 Å². The maximum absolute atomic E-state index is 10.3. The summed E-state index contributed by atoms with van der Waals surface area (Å²) in [6, 6.07) is 5.22. The molecule has 4 rings (SSSR count). The van der Waals surface area contributed by atoms with Crippen LogP contribution < -0.4 is 10.6 Å². The summed E-state index contributed by atoms with van der Waals surface area (Å²) in [7, 11) is 0. The van der Waals surface area contributed by atoms with Crippen LogP contribution in [0.1, 0.15) is 43.5 Å². The number of aliphatic hydroxyl groups is 1. The van der Waals surface area contributed by atoms with E-state index in [9.17, 15) is 10.2 Å². The van der Waals surface area contributed by atoms with Crippen LogP contribution in [0.2, 0.25) is 5.02 Å². The number of aryl methyl sites for hydroxylation is 1. The largest absolute Gasteiger partial charge is 0.507 e. The second-order valence-electron chi connectivity index (χ2n) is 8.10. The minimum absolute atomic E-state index is 0.0525. The van der Waals surface area contributed by atoms with E-state index in [0.29, 0.717) is 33.7 Å². The van der Waals surface area contributed by atoms with Crippen LogP contribution in [0.15, 0.2) is 18.2 Å². The molecule has 0 unspecified atom stereocenters. The Balaban J connectivity index is 1.63. The molecule has 28 heavy (non-hydrogen) atoms. The van der Waals surface area contributed by atoms with Crippen LogP contribution >= 0.6 is 11.6 Å². The van der Waals surface area contributed by atoms with E-state index in [2.05, 4.69) is 9.88 Å². The van der Waals surface area contributed by atoms with Gasteiger partial charge in [-0.1, -0.05) is 18.0 Å². The third kappa shape index (κ3) is 3.34. The van der Waals surface area contributed by atoms with Crippen LogP contribution in [0, 0.1) is 12.3 Å². The maximum Gasteiger partial charge on any atom is 0.153 e. The second-order valence-corrected chi connectivity index (χ2v) is 8.53. The molecule has 1 aromatic heterocycles. The highest BCUT2D eigenvalue weighted by Crippen LogP contribution is 2.46. The minimum atomic E-state index is -0.203. The number of halogens is 1. The summed E-state index contributed by atoms with van der Waals surface area (Å²) in [6.45, 7) is 3.42. The van der Waals surface area contributed by atoms with E-state index >= 15 is 0 Å². The molecule has 150 valence electrons. The number of aliphatic hydroxyl groups excluding tert-OH is 1. The van der Waals surface area contributed by atoms with Gasteiger partial charge >= 0.3 is 0 Å². The number of hydrogen-bond donors (Lipinski definition) is 3. The number of rotatable bonds is 3. The smallest absolute Gasteiger partial charge is 0.153 e. The van der Waals surface area contributed by atoms with Crippen LogP contribution in [-0.2, 0) is 6.61 Å². The molecule has 1 saturated heterocycles. The maximum atomic E-state index is 10.3. The number of anilines is 1. The average Bonchev–Trinajstić information content (AvgIpc) is 3.03. The van der Waals surface area contributed by atoms with Crippen molar-refractivity contribution in [2.24, 2.45) is 11.1 Å². The fourth-order valence-electron chi connectivity index (χ4n) is 4.81. The Bertz CT molecular complexity index is 881. The summed E-state index contributed by atoms with van der Waals surface area (Å²) >= 11 is 5.94. The van der Waals surface area contributed by atoms with Gasteiger partial charge in [-0.05, 0) is 56.2 Å². The molecule has 0 bridgehead atoms. The van der Waals surface area contributed by atoms with Crippen molar-refractivity contribution >= 4 is 17.4 Å². The number of aromatic hydroxyl groups is 1. The number of phenols is 1. The number of piperidine rings is 1. The Hall–Kier alpha value is -1.89. The number of hydrogen-bond acceptors (Lipinski definition) is 6. The van der Waals surface area contributed by atoms with E-state index in [1.807, 2.05) is 6.92 Å². The van der Waals surface area contributed by atoms with Gasteiger partial charge < -0.3 is 20.8 Å². The Labute approximate surface area is 170 Å². The highest BCUT2D eigenvalue weighted by molar-refractivity contribution is 6.30. The van der Waals surface area contributed by atoms with Gasteiger partial charge in [-0.15, -0.1) is 0 Å². The summed E-state index contributed by atoms with van der Waals surface area (Å²) in [6.07, 6.45) is 5.68. The Morgan fingerprint density at radius 3 is 2.61 bits per heavy atom. The van der Waals surface area contributed by atoms with Gasteiger partial charge in [0, 0.05) is 29.7 Å². The van der Waals surface area contributed by atoms with Crippen molar-refractivity contribution in [3.8, 4) is 17.0 Å². The van der Waals surface area contributed by atoms with Gasteiger partial charge in [0.2, 0.25) is 0 Å². The predicted molar refractivity (Wildman–Crippen MR) is 111 cm³/mol. The third-order valence-corrected chi connectivity index (χ3v) is 6.76. The molecule has 1 aliphatic heterocycles. The van der Waals surface area contributed by atoms with E-state index in [4.69, 9.17) is 22.3 Å². The highest BCUT2D eigenvalue weighted by atomic mass is 35.5. The molecule has 2 fully saturated rings. The fraction of sp³-hybridized carbons (Fsp3) is 0.524. The Morgan fingerprint density at radius 1 is 1.25 bits per heavy atom. The highest BCUT2D eigenvalue weighted by Gasteiger charge is 2.43. The lowest BCUT2D eigenvalue weighted by Gasteiger charge is -2.42. The van der Waals surface area contributed by atoms with Crippen molar-refractivity contribution in [3.63, 3.8) is 0 Å². The van der Waals surface area contributed by atoms with Gasteiger partial charge in [0.25, 0.3) is 0 Å². The van der Waals surface area contributed by atoms with E-state index in [1.54, 1.807) is 12.1 Å². The van der Waals surface area contributed by atoms with E-state index in [0.717, 1.165) is 38.2 Å². The Morgan fingerprint density at radius 2 is 2.00 bits per heavy atom. The standard InChI is InChI=1S/C21H27ClN4O2/c1-13-19(15-5-4-14(22)11-17(15)28)25-16(12-27)20(24-13)26-9-7-21(8-10-26)6-2-3-18(21)23/h4-5,11,18,27-28H,2-3,6-10,12,23H2,1H3/t18-/m1/s1. The van der Waals surface area contributed by atoms with Crippen molar-refractivity contribution < 1.29 is 10.2 Å². The molecular weight excluding hydrogens is 376 g/mol. The molecule has 2 heterocycles. The SMILES string of the molecule is Cc1nc(N2CCC3(CCC[C@H]3N)CC2)c(CO)nc1-c1ccc(Cl)cc1O. The van der Waals surface area contributed by atoms with Gasteiger partial charge in [0.1, 0.15) is 11.4 Å². The molecule has 1 saturated carbocycles. The van der Waals surface area contributed by atoms with Gasteiger partial charge in [-0.2, -0.15) is 0 Å². The first kappa shape index (κ1) is 19.4. The van der Waals surface area contributed by atoms with Crippen LogP contribution in [0.5, 0.6) is 5.75 Å². The monoisotopic (exact) mass is 402 g/mol. The molecule has 2 aromatic rings.